The van der Waals surface area contributed by atoms with Gasteiger partial charge in [0, 0.05) is 20.2 Å². The van der Waals surface area contributed by atoms with Gasteiger partial charge in [-0.1, -0.05) is 12.1 Å². The molecule has 2 amide bonds. The number of aliphatic carboxylic acids is 1. The van der Waals surface area contributed by atoms with E-state index in [1.54, 1.807) is 12.1 Å². The van der Waals surface area contributed by atoms with Crippen LogP contribution in [0.3, 0.4) is 0 Å². The molecule has 2 N–H and O–H groups in total. The van der Waals surface area contributed by atoms with Crippen LogP contribution >= 0.6 is 0 Å². The molecule has 1 aromatic rings. The number of urea groups is 1. The number of benzene rings is 1. The van der Waals surface area contributed by atoms with E-state index in [1.807, 2.05) is 0 Å². The van der Waals surface area contributed by atoms with E-state index >= 15 is 0 Å². The van der Waals surface area contributed by atoms with Crippen molar-refractivity contribution in [1.29, 1.82) is 0 Å². The molecular weight excluding hydrogens is 279 g/mol. The second-order valence-electron chi connectivity index (χ2n) is 4.42. The molecule has 0 aliphatic carbocycles. The Morgan fingerprint density at radius 3 is 2.81 bits per heavy atom. The highest BCUT2D eigenvalue weighted by atomic mass is 19.1. The lowest BCUT2D eigenvalue weighted by molar-refractivity contribution is -0.137. The molecule has 6 nitrogen and oxygen atoms in total. The second kappa shape index (κ2) is 8.91. The summed E-state index contributed by atoms with van der Waals surface area (Å²) in [4.78, 5) is 23.7. The Morgan fingerprint density at radius 1 is 1.43 bits per heavy atom. The zero-order valence-corrected chi connectivity index (χ0v) is 11.8. The summed E-state index contributed by atoms with van der Waals surface area (Å²) in [6, 6.07) is 5.62. The Kier molecular flexibility index (Phi) is 7.17. The van der Waals surface area contributed by atoms with E-state index < -0.39 is 18.5 Å². The number of hydrogen-bond acceptors (Lipinski definition) is 3. The molecule has 0 aliphatic rings. The molecule has 0 heterocycles. The summed E-state index contributed by atoms with van der Waals surface area (Å²) in [6.45, 7) is 0.347. The predicted molar refractivity (Wildman–Crippen MR) is 74.6 cm³/mol. The van der Waals surface area contributed by atoms with E-state index in [9.17, 15) is 14.0 Å². The zero-order valence-electron chi connectivity index (χ0n) is 11.8. The first-order chi connectivity index (χ1) is 10.0. The quantitative estimate of drug-likeness (QED) is 0.753. The lowest BCUT2D eigenvalue weighted by Gasteiger charge is -2.20. The van der Waals surface area contributed by atoms with Crippen LogP contribution in [-0.4, -0.2) is 55.4 Å². The Bertz CT molecular complexity index is 482. The smallest absolute Gasteiger partial charge is 0.323 e. The Balaban J connectivity index is 2.43. The molecule has 0 radical (unpaired) electrons. The molecule has 0 unspecified atom stereocenters. The SMILES string of the molecule is COCCN(CC(=O)O)C(=O)NCCc1cccc(F)c1. The fraction of sp³-hybridized carbons (Fsp3) is 0.429. The lowest BCUT2D eigenvalue weighted by Crippen LogP contribution is -2.44. The number of carbonyl (C=O) groups is 2. The number of carbonyl (C=O) groups excluding carboxylic acids is 1. The first-order valence-corrected chi connectivity index (χ1v) is 6.51. The van der Waals surface area contributed by atoms with Gasteiger partial charge in [0.2, 0.25) is 0 Å². The summed E-state index contributed by atoms with van der Waals surface area (Å²) in [7, 11) is 1.47. The molecule has 7 heteroatoms. The van der Waals surface area contributed by atoms with E-state index in [4.69, 9.17) is 9.84 Å². The van der Waals surface area contributed by atoms with Gasteiger partial charge in [-0.05, 0) is 24.1 Å². The third-order valence-corrected chi connectivity index (χ3v) is 2.76. The lowest BCUT2D eigenvalue weighted by atomic mass is 10.1. The number of hydrogen-bond donors (Lipinski definition) is 2. The number of nitrogens with zero attached hydrogens (tertiary/aromatic N) is 1. The van der Waals surface area contributed by atoms with Crippen molar-refractivity contribution in [2.45, 2.75) is 6.42 Å². The fourth-order valence-corrected chi connectivity index (χ4v) is 1.74. The molecule has 0 spiro atoms. The van der Waals surface area contributed by atoms with Crippen molar-refractivity contribution in [1.82, 2.24) is 10.2 Å². The molecule has 21 heavy (non-hydrogen) atoms. The molecule has 1 rings (SSSR count). The summed E-state index contributed by atoms with van der Waals surface area (Å²) in [5, 5.41) is 11.4. The largest absolute Gasteiger partial charge is 0.480 e. The number of carboxylic acids is 1. The van der Waals surface area contributed by atoms with Gasteiger partial charge in [-0.25, -0.2) is 9.18 Å². The maximum Gasteiger partial charge on any atom is 0.323 e. The molecule has 1 aromatic carbocycles. The summed E-state index contributed by atoms with van der Waals surface area (Å²) in [5.41, 5.74) is 0.761. The van der Waals surface area contributed by atoms with Gasteiger partial charge in [-0.2, -0.15) is 0 Å². The number of nitrogens with one attached hydrogen (secondary N) is 1. The maximum absolute atomic E-state index is 13.0. The highest BCUT2D eigenvalue weighted by molar-refractivity contribution is 5.80. The summed E-state index contributed by atoms with van der Waals surface area (Å²) < 4.78 is 17.8. The van der Waals surface area contributed by atoms with Crippen LogP contribution in [0, 0.1) is 5.82 Å². The van der Waals surface area contributed by atoms with Gasteiger partial charge in [-0.15, -0.1) is 0 Å². The van der Waals surface area contributed by atoms with Crippen molar-refractivity contribution in [3.05, 3.63) is 35.6 Å². The molecule has 0 bridgehead atoms. The number of amides is 2. The first kappa shape index (κ1) is 16.9. The summed E-state index contributed by atoms with van der Waals surface area (Å²) in [6.07, 6.45) is 0.467. The second-order valence-corrected chi connectivity index (χ2v) is 4.42. The molecule has 0 aromatic heterocycles. The monoisotopic (exact) mass is 298 g/mol. The average Bonchev–Trinajstić information content (AvgIpc) is 2.43. The van der Waals surface area contributed by atoms with E-state index in [0.29, 0.717) is 13.0 Å². The molecule has 0 fully saturated rings. The van der Waals surface area contributed by atoms with Crippen LogP contribution in [0.25, 0.3) is 0 Å². The normalized spacial score (nSPS) is 10.2. The van der Waals surface area contributed by atoms with Crippen molar-refractivity contribution in [2.24, 2.45) is 0 Å². The van der Waals surface area contributed by atoms with Crippen LogP contribution in [0.5, 0.6) is 0 Å². The number of carboxylic acid groups (broad SMARTS) is 1. The summed E-state index contributed by atoms with van der Waals surface area (Å²) >= 11 is 0. The molecule has 0 saturated heterocycles. The van der Waals surface area contributed by atoms with Crippen LogP contribution in [0.15, 0.2) is 24.3 Å². The average molecular weight is 298 g/mol. The minimum absolute atomic E-state index is 0.189. The van der Waals surface area contributed by atoms with Crippen LogP contribution < -0.4 is 5.32 Å². The number of rotatable bonds is 8. The Labute approximate surface area is 122 Å². The van der Waals surface area contributed by atoms with Gasteiger partial charge >= 0.3 is 12.0 Å². The number of halogens is 1. The van der Waals surface area contributed by atoms with E-state index in [0.717, 1.165) is 10.5 Å². The minimum Gasteiger partial charge on any atom is -0.480 e. The molecule has 0 atom stereocenters. The van der Waals surface area contributed by atoms with Crippen LogP contribution in [0.4, 0.5) is 9.18 Å². The standard InChI is InChI=1S/C14H19FN2O4/c1-21-8-7-17(10-13(18)19)14(20)16-6-5-11-3-2-4-12(15)9-11/h2-4,9H,5-8,10H2,1H3,(H,16,20)(H,18,19). The molecule has 0 aliphatic heterocycles. The van der Waals surface area contributed by atoms with Crippen molar-refractivity contribution in [2.75, 3.05) is 33.4 Å². The van der Waals surface area contributed by atoms with Crippen molar-refractivity contribution in [3.63, 3.8) is 0 Å². The van der Waals surface area contributed by atoms with Gasteiger partial charge in [0.05, 0.1) is 6.61 Å². The topological polar surface area (TPSA) is 78.9 Å². The Hall–Kier alpha value is -2.15. The van der Waals surface area contributed by atoms with Crippen molar-refractivity contribution >= 4 is 12.0 Å². The predicted octanol–water partition coefficient (Wildman–Crippen LogP) is 1.11. The fourth-order valence-electron chi connectivity index (χ4n) is 1.74. The minimum atomic E-state index is -1.09. The molecule has 0 saturated carbocycles. The third kappa shape index (κ3) is 6.71. The highest BCUT2D eigenvalue weighted by Gasteiger charge is 2.15. The highest BCUT2D eigenvalue weighted by Crippen LogP contribution is 2.03. The first-order valence-electron chi connectivity index (χ1n) is 6.51. The van der Waals surface area contributed by atoms with E-state index in [1.165, 1.54) is 19.2 Å². The van der Waals surface area contributed by atoms with E-state index in [-0.39, 0.29) is 19.0 Å². The van der Waals surface area contributed by atoms with Gasteiger partial charge in [-0.3, -0.25) is 4.79 Å². The van der Waals surface area contributed by atoms with Gasteiger partial charge < -0.3 is 20.1 Å². The van der Waals surface area contributed by atoms with Gasteiger partial charge in [0.15, 0.2) is 0 Å². The number of ether oxygens (including phenoxy) is 1. The van der Waals surface area contributed by atoms with Crippen LogP contribution in [0.2, 0.25) is 0 Å². The van der Waals surface area contributed by atoms with Gasteiger partial charge in [0.1, 0.15) is 12.4 Å². The zero-order chi connectivity index (χ0) is 15.7. The van der Waals surface area contributed by atoms with Crippen LogP contribution in [-0.2, 0) is 16.0 Å². The summed E-state index contributed by atoms with van der Waals surface area (Å²) in [5.74, 6) is -1.42. The van der Waals surface area contributed by atoms with Gasteiger partial charge in [0.25, 0.3) is 0 Å². The molecule has 116 valence electrons. The van der Waals surface area contributed by atoms with E-state index in [2.05, 4.69) is 5.32 Å². The van der Waals surface area contributed by atoms with Crippen molar-refractivity contribution in [3.8, 4) is 0 Å². The Morgan fingerprint density at radius 2 is 2.19 bits per heavy atom. The number of methoxy groups -OCH3 is 1. The molecular formula is C14H19FN2O4. The third-order valence-electron chi connectivity index (χ3n) is 2.76. The maximum atomic E-state index is 13.0. The van der Waals surface area contributed by atoms with Crippen LogP contribution in [0.1, 0.15) is 5.56 Å². The van der Waals surface area contributed by atoms with Crippen molar-refractivity contribution < 1.29 is 23.8 Å².